The number of anilines is 1. The molecule has 1 N–H and O–H groups in total. The molecule has 0 aliphatic rings. The van der Waals surface area contributed by atoms with E-state index in [9.17, 15) is 9.59 Å². The Bertz CT molecular complexity index is 357. The molecule has 1 aromatic heterocycles. The van der Waals surface area contributed by atoms with Crippen molar-refractivity contribution in [3.63, 3.8) is 0 Å². The second kappa shape index (κ2) is 4.32. The first kappa shape index (κ1) is 10.8. The van der Waals surface area contributed by atoms with Gasteiger partial charge in [0.2, 0.25) is 5.78 Å². The number of carbonyl (C=O) groups excluding carboxylic acids is 2. The van der Waals surface area contributed by atoms with Gasteiger partial charge in [0.25, 0.3) is 5.91 Å². The number of Topliss-reactive ketones (excluding diaryl/α,β-unsaturated/α-hetero) is 1. The Hall–Kier alpha value is -1.23. The molecular weight excluding hydrogens is 200 g/mol. The number of nitrogens with zero attached hydrogens (tertiary/aromatic N) is 1. The van der Waals surface area contributed by atoms with E-state index in [4.69, 9.17) is 0 Å². The van der Waals surface area contributed by atoms with Crippen molar-refractivity contribution in [2.24, 2.45) is 0 Å². The molecule has 1 amide bonds. The summed E-state index contributed by atoms with van der Waals surface area (Å²) in [6.45, 7) is 5.27. The first-order valence-corrected chi connectivity index (χ1v) is 5.16. The molecule has 0 bridgehead atoms. The number of hydrogen-bond acceptors (Lipinski definition) is 4. The molecule has 0 fully saturated rings. The van der Waals surface area contributed by atoms with Crippen molar-refractivity contribution >= 4 is 28.2 Å². The second-order valence-electron chi connectivity index (χ2n) is 3.24. The Labute approximate surface area is 86.4 Å². The predicted octanol–water partition coefficient (Wildman–Crippen LogP) is 1.79. The Morgan fingerprint density at radius 1 is 1.50 bits per heavy atom. The standard InChI is InChI=1S/C9H12N2O2S/c1-5(2)7-4-14-9(10-7)11-8(13)6(3)12/h4-5H,1-3H3,(H,10,11,13). The Kier molecular flexibility index (Phi) is 3.35. The molecule has 14 heavy (non-hydrogen) atoms. The topological polar surface area (TPSA) is 59.1 Å². The number of ketones is 1. The van der Waals surface area contributed by atoms with Crippen molar-refractivity contribution in [1.82, 2.24) is 4.98 Å². The molecule has 76 valence electrons. The van der Waals surface area contributed by atoms with Gasteiger partial charge < -0.3 is 0 Å². The molecule has 0 saturated heterocycles. The molecule has 0 aliphatic carbocycles. The predicted molar refractivity (Wildman–Crippen MR) is 55.5 cm³/mol. The molecule has 0 unspecified atom stereocenters. The summed E-state index contributed by atoms with van der Waals surface area (Å²) in [7, 11) is 0. The van der Waals surface area contributed by atoms with Crippen LogP contribution in [0.1, 0.15) is 32.4 Å². The van der Waals surface area contributed by atoms with E-state index in [0.29, 0.717) is 11.0 Å². The molecule has 1 aromatic rings. The van der Waals surface area contributed by atoms with Crippen molar-refractivity contribution in [2.75, 3.05) is 5.32 Å². The summed E-state index contributed by atoms with van der Waals surface area (Å²) in [6.07, 6.45) is 0. The third-order valence-electron chi connectivity index (χ3n) is 1.65. The number of nitrogens with one attached hydrogen (secondary N) is 1. The third-order valence-corrected chi connectivity index (χ3v) is 2.43. The summed E-state index contributed by atoms with van der Waals surface area (Å²) in [6, 6.07) is 0. The fourth-order valence-electron chi connectivity index (χ4n) is 0.794. The van der Waals surface area contributed by atoms with Gasteiger partial charge >= 0.3 is 0 Å². The van der Waals surface area contributed by atoms with Gasteiger partial charge in [0.1, 0.15) is 0 Å². The molecular formula is C9H12N2O2S. The molecule has 0 aliphatic heterocycles. The van der Waals surface area contributed by atoms with E-state index >= 15 is 0 Å². The van der Waals surface area contributed by atoms with Crippen LogP contribution in [0.2, 0.25) is 0 Å². The van der Waals surface area contributed by atoms with E-state index < -0.39 is 11.7 Å². The lowest BCUT2D eigenvalue weighted by Crippen LogP contribution is -2.19. The Balaban J connectivity index is 2.69. The lowest BCUT2D eigenvalue weighted by molar-refractivity contribution is -0.133. The van der Waals surface area contributed by atoms with Gasteiger partial charge in [-0.1, -0.05) is 13.8 Å². The number of amides is 1. The number of carbonyl (C=O) groups is 2. The van der Waals surface area contributed by atoms with Crippen LogP contribution in [0.4, 0.5) is 5.13 Å². The van der Waals surface area contributed by atoms with Crippen molar-refractivity contribution in [2.45, 2.75) is 26.7 Å². The highest BCUT2D eigenvalue weighted by molar-refractivity contribution is 7.14. The zero-order valence-electron chi connectivity index (χ0n) is 8.33. The highest BCUT2D eigenvalue weighted by Crippen LogP contribution is 2.21. The van der Waals surface area contributed by atoms with E-state index in [1.165, 1.54) is 18.3 Å². The van der Waals surface area contributed by atoms with Crippen LogP contribution < -0.4 is 5.32 Å². The molecule has 5 heteroatoms. The van der Waals surface area contributed by atoms with Gasteiger partial charge in [0, 0.05) is 12.3 Å². The smallest absolute Gasteiger partial charge is 0.293 e. The van der Waals surface area contributed by atoms with Crippen LogP contribution in [0.25, 0.3) is 0 Å². The average Bonchev–Trinajstić information content (AvgIpc) is 2.52. The minimum atomic E-state index is -0.616. The maximum absolute atomic E-state index is 11.0. The van der Waals surface area contributed by atoms with Crippen LogP contribution >= 0.6 is 11.3 Å². The number of thiazole rings is 1. The Morgan fingerprint density at radius 2 is 2.14 bits per heavy atom. The second-order valence-corrected chi connectivity index (χ2v) is 4.10. The lowest BCUT2D eigenvalue weighted by atomic mass is 10.2. The van der Waals surface area contributed by atoms with Gasteiger partial charge in [-0.15, -0.1) is 11.3 Å². The van der Waals surface area contributed by atoms with Gasteiger partial charge in [-0.05, 0) is 5.92 Å². The van der Waals surface area contributed by atoms with Gasteiger partial charge in [0.15, 0.2) is 5.13 Å². The van der Waals surface area contributed by atoms with Gasteiger partial charge in [-0.2, -0.15) is 0 Å². The van der Waals surface area contributed by atoms with E-state index in [-0.39, 0.29) is 0 Å². The summed E-state index contributed by atoms with van der Waals surface area (Å²) in [5.41, 5.74) is 0.925. The zero-order valence-corrected chi connectivity index (χ0v) is 9.14. The first-order valence-electron chi connectivity index (χ1n) is 4.28. The molecule has 1 heterocycles. The minimum absolute atomic E-state index is 0.328. The number of aromatic nitrogens is 1. The molecule has 0 saturated carbocycles. The quantitative estimate of drug-likeness (QED) is 0.777. The summed E-state index contributed by atoms with van der Waals surface area (Å²) in [4.78, 5) is 25.8. The van der Waals surface area contributed by atoms with Gasteiger partial charge in [-0.3, -0.25) is 14.9 Å². The van der Waals surface area contributed by atoms with E-state index in [1.54, 1.807) is 0 Å². The van der Waals surface area contributed by atoms with E-state index in [0.717, 1.165) is 5.69 Å². The summed E-state index contributed by atoms with van der Waals surface area (Å²) >= 11 is 1.33. The van der Waals surface area contributed by atoms with Crippen LogP contribution in [0.3, 0.4) is 0 Å². The van der Waals surface area contributed by atoms with Gasteiger partial charge in [-0.25, -0.2) is 4.98 Å². The largest absolute Gasteiger partial charge is 0.295 e. The summed E-state index contributed by atoms with van der Waals surface area (Å²) in [5, 5.41) is 4.79. The van der Waals surface area contributed by atoms with Crippen LogP contribution in [-0.2, 0) is 9.59 Å². The maximum atomic E-state index is 11.0. The monoisotopic (exact) mass is 212 g/mol. The zero-order chi connectivity index (χ0) is 10.7. The molecule has 0 radical (unpaired) electrons. The normalized spacial score (nSPS) is 10.3. The molecule has 1 rings (SSSR count). The van der Waals surface area contributed by atoms with E-state index in [1.807, 2.05) is 19.2 Å². The minimum Gasteiger partial charge on any atom is -0.295 e. The fraction of sp³-hybridized carbons (Fsp3) is 0.444. The third kappa shape index (κ3) is 2.63. The van der Waals surface area contributed by atoms with Crippen molar-refractivity contribution in [1.29, 1.82) is 0 Å². The fourth-order valence-corrected chi connectivity index (χ4v) is 1.66. The highest BCUT2D eigenvalue weighted by atomic mass is 32.1. The molecule has 0 atom stereocenters. The SMILES string of the molecule is CC(=O)C(=O)Nc1nc(C(C)C)cs1. The van der Waals surface area contributed by atoms with Crippen LogP contribution in [-0.4, -0.2) is 16.7 Å². The van der Waals surface area contributed by atoms with Crippen molar-refractivity contribution in [3.05, 3.63) is 11.1 Å². The lowest BCUT2D eigenvalue weighted by Gasteiger charge is -1.98. The van der Waals surface area contributed by atoms with Gasteiger partial charge in [0.05, 0.1) is 5.69 Å². The number of hydrogen-bond donors (Lipinski definition) is 1. The summed E-state index contributed by atoms with van der Waals surface area (Å²) in [5.74, 6) is -0.796. The summed E-state index contributed by atoms with van der Waals surface area (Å²) < 4.78 is 0. The highest BCUT2D eigenvalue weighted by Gasteiger charge is 2.11. The first-order chi connectivity index (χ1) is 6.50. The average molecular weight is 212 g/mol. The van der Waals surface area contributed by atoms with Crippen molar-refractivity contribution < 1.29 is 9.59 Å². The Morgan fingerprint density at radius 3 is 2.57 bits per heavy atom. The van der Waals surface area contributed by atoms with Crippen LogP contribution in [0.15, 0.2) is 5.38 Å². The molecule has 0 aromatic carbocycles. The maximum Gasteiger partial charge on any atom is 0.293 e. The van der Waals surface area contributed by atoms with Crippen molar-refractivity contribution in [3.8, 4) is 0 Å². The van der Waals surface area contributed by atoms with Crippen LogP contribution in [0, 0.1) is 0 Å². The molecule has 0 spiro atoms. The van der Waals surface area contributed by atoms with Crippen LogP contribution in [0.5, 0.6) is 0 Å². The molecule has 4 nitrogen and oxygen atoms in total. The number of rotatable bonds is 3. The van der Waals surface area contributed by atoms with E-state index in [2.05, 4.69) is 10.3 Å².